The van der Waals surface area contributed by atoms with Crippen LogP contribution in [0.25, 0.3) is 5.03 Å². The molecule has 1 aliphatic rings. The number of Topliss-reactive ketones (excluding diaryl/α,β-unsaturated/α-hetero) is 1. The molecule has 0 spiro atoms. The van der Waals surface area contributed by atoms with Crippen LogP contribution in [0, 0.1) is 11.3 Å². The number of ketones is 1. The second-order valence-electron chi connectivity index (χ2n) is 3.59. The quantitative estimate of drug-likeness (QED) is 0.746. The maximum absolute atomic E-state index is 11.6. The van der Waals surface area contributed by atoms with Gasteiger partial charge < -0.3 is 0 Å². The van der Waals surface area contributed by atoms with Crippen LogP contribution in [-0.4, -0.2) is 10.8 Å². The highest BCUT2D eigenvalue weighted by atomic mass is 35.5. The van der Waals surface area contributed by atoms with Crippen LogP contribution in [0.1, 0.15) is 23.7 Å². The van der Waals surface area contributed by atoms with E-state index >= 15 is 0 Å². The van der Waals surface area contributed by atoms with Crippen molar-refractivity contribution in [3.05, 3.63) is 34.7 Å². The Morgan fingerprint density at radius 3 is 3.00 bits per heavy atom. The van der Waals surface area contributed by atoms with Gasteiger partial charge in [-0.05, 0) is 18.1 Å². The van der Waals surface area contributed by atoms with Gasteiger partial charge in [0.1, 0.15) is 11.6 Å². The van der Waals surface area contributed by atoms with Gasteiger partial charge in [-0.2, -0.15) is 5.26 Å². The molecule has 3 nitrogen and oxygen atoms in total. The van der Waals surface area contributed by atoms with Crippen molar-refractivity contribution in [1.82, 2.24) is 4.98 Å². The monoisotopic (exact) mass is 232 g/mol. The van der Waals surface area contributed by atoms with Crippen molar-refractivity contribution >= 4 is 22.4 Å². The minimum absolute atomic E-state index is 0.0578. The Labute approximate surface area is 98.4 Å². The number of nitriles is 1. The van der Waals surface area contributed by atoms with E-state index in [9.17, 15) is 4.79 Å². The Morgan fingerprint density at radius 1 is 1.62 bits per heavy atom. The lowest BCUT2D eigenvalue weighted by atomic mass is 9.92. The Morgan fingerprint density at radius 2 is 2.38 bits per heavy atom. The summed E-state index contributed by atoms with van der Waals surface area (Å²) in [6, 6.07) is 3.71. The number of carbonyl (C=O) groups is 1. The zero-order valence-electron chi connectivity index (χ0n) is 8.75. The van der Waals surface area contributed by atoms with Gasteiger partial charge in [-0.15, -0.1) is 0 Å². The molecule has 1 heterocycles. The molecule has 16 heavy (non-hydrogen) atoms. The standard InChI is InChI=1S/C12H9ClN2O/c1-2-8-4-9-7(6-15-8)3-11(16)10(5-14)12(9)13/h4,6H,2-3H2,1H3. The van der Waals surface area contributed by atoms with Crippen LogP contribution in [0.2, 0.25) is 0 Å². The van der Waals surface area contributed by atoms with Crippen LogP contribution in [-0.2, 0) is 17.6 Å². The summed E-state index contributed by atoms with van der Waals surface area (Å²) >= 11 is 6.05. The zero-order valence-corrected chi connectivity index (χ0v) is 9.51. The number of allylic oxidation sites excluding steroid dienone is 1. The third kappa shape index (κ3) is 1.62. The zero-order chi connectivity index (χ0) is 11.7. The minimum Gasteiger partial charge on any atom is -0.293 e. The number of carbonyl (C=O) groups excluding carboxylic acids is 1. The van der Waals surface area contributed by atoms with Gasteiger partial charge in [0.25, 0.3) is 0 Å². The third-order valence-electron chi connectivity index (χ3n) is 2.60. The average Bonchev–Trinajstić information content (AvgIpc) is 2.29. The fraction of sp³-hybridized carbons (Fsp3) is 0.250. The molecule has 2 rings (SSSR count). The summed E-state index contributed by atoms with van der Waals surface area (Å²) in [5.41, 5.74) is 2.53. The van der Waals surface area contributed by atoms with Gasteiger partial charge in [0.2, 0.25) is 0 Å². The lowest BCUT2D eigenvalue weighted by Crippen LogP contribution is -2.14. The molecule has 0 saturated heterocycles. The Balaban J connectivity index is 2.64. The molecule has 80 valence electrons. The first kappa shape index (κ1) is 10.8. The molecular formula is C12H9ClN2O. The third-order valence-corrected chi connectivity index (χ3v) is 3.00. The van der Waals surface area contributed by atoms with Gasteiger partial charge in [-0.3, -0.25) is 9.78 Å². The summed E-state index contributed by atoms with van der Waals surface area (Å²) in [6.45, 7) is 1.99. The molecule has 0 radical (unpaired) electrons. The molecule has 0 fully saturated rings. The summed E-state index contributed by atoms with van der Waals surface area (Å²) in [5.74, 6) is -0.231. The number of fused-ring (bicyclic) bond motifs is 1. The minimum atomic E-state index is -0.231. The van der Waals surface area contributed by atoms with E-state index in [1.807, 2.05) is 19.1 Å². The number of pyridine rings is 1. The number of nitrogens with zero attached hydrogens (tertiary/aromatic N) is 2. The summed E-state index contributed by atoms with van der Waals surface area (Å²) in [6.07, 6.45) is 2.68. The van der Waals surface area contributed by atoms with Crippen LogP contribution in [0.4, 0.5) is 0 Å². The first-order valence-corrected chi connectivity index (χ1v) is 5.36. The van der Waals surface area contributed by atoms with E-state index < -0.39 is 0 Å². The number of hydrogen-bond donors (Lipinski definition) is 0. The van der Waals surface area contributed by atoms with Gasteiger partial charge in [0.15, 0.2) is 5.78 Å². The van der Waals surface area contributed by atoms with Gasteiger partial charge in [-0.25, -0.2) is 0 Å². The average molecular weight is 233 g/mol. The number of rotatable bonds is 1. The Kier molecular flexibility index (Phi) is 2.76. The maximum Gasteiger partial charge on any atom is 0.179 e. The molecule has 0 aromatic carbocycles. The molecule has 4 heteroatoms. The van der Waals surface area contributed by atoms with Gasteiger partial charge in [-0.1, -0.05) is 18.5 Å². The van der Waals surface area contributed by atoms with Crippen LogP contribution < -0.4 is 0 Å². The van der Waals surface area contributed by atoms with Crippen molar-refractivity contribution in [2.45, 2.75) is 19.8 Å². The van der Waals surface area contributed by atoms with Gasteiger partial charge in [0.05, 0.1) is 5.03 Å². The van der Waals surface area contributed by atoms with Crippen molar-refractivity contribution in [1.29, 1.82) is 5.26 Å². The predicted molar refractivity (Wildman–Crippen MR) is 60.7 cm³/mol. The highest BCUT2D eigenvalue weighted by Gasteiger charge is 2.24. The van der Waals surface area contributed by atoms with E-state index in [-0.39, 0.29) is 22.8 Å². The van der Waals surface area contributed by atoms with Gasteiger partial charge in [0, 0.05) is 23.9 Å². The summed E-state index contributed by atoms with van der Waals surface area (Å²) in [5, 5.41) is 9.11. The second-order valence-corrected chi connectivity index (χ2v) is 3.97. The van der Waals surface area contributed by atoms with Crippen LogP contribution in [0.3, 0.4) is 0 Å². The number of halogens is 1. The van der Waals surface area contributed by atoms with Crippen molar-refractivity contribution in [3.63, 3.8) is 0 Å². The lowest BCUT2D eigenvalue weighted by Gasteiger charge is -2.15. The van der Waals surface area contributed by atoms with Crippen molar-refractivity contribution in [2.75, 3.05) is 0 Å². The molecule has 0 aliphatic heterocycles. The number of aromatic nitrogens is 1. The Hall–Kier alpha value is -1.66. The Bertz CT molecular complexity index is 540. The molecule has 1 aromatic heterocycles. The van der Waals surface area contributed by atoms with E-state index in [2.05, 4.69) is 4.98 Å². The molecule has 0 saturated carbocycles. The molecule has 0 atom stereocenters. The summed E-state index contributed by atoms with van der Waals surface area (Å²) < 4.78 is 0. The molecule has 1 aromatic rings. The summed E-state index contributed by atoms with van der Waals surface area (Å²) in [7, 11) is 0. The molecule has 0 bridgehead atoms. The molecular weight excluding hydrogens is 224 g/mol. The van der Waals surface area contributed by atoms with Crippen molar-refractivity contribution in [3.8, 4) is 6.07 Å². The summed E-state index contributed by atoms with van der Waals surface area (Å²) in [4.78, 5) is 15.8. The van der Waals surface area contributed by atoms with Crippen molar-refractivity contribution in [2.24, 2.45) is 0 Å². The van der Waals surface area contributed by atoms with E-state index in [1.165, 1.54) is 0 Å². The van der Waals surface area contributed by atoms with Crippen LogP contribution in [0.5, 0.6) is 0 Å². The van der Waals surface area contributed by atoms with E-state index in [4.69, 9.17) is 16.9 Å². The molecule has 0 N–H and O–H groups in total. The predicted octanol–water partition coefficient (Wildman–Crippen LogP) is 2.24. The SMILES string of the molecule is CCc1cc2c(cn1)CC(=O)C(C#N)=C2Cl. The van der Waals surface area contributed by atoms with Crippen molar-refractivity contribution < 1.29 is 4.79 Å². The second kappa shape index (κ2) is 4.07. The fourth-order valence-corrected chi connectivity index (χ4v) is 2.02. The largest absolute Gasteiger partial charge is 0.293 e. The lowest BCUT2D eigenvalue weighted by molar-refractivity contribution is -0.114. The fourth-order valence-electron chi connectivity index (χ4n) is 1.70. The van der Waals surface area contributed by atoms with E-state index in [1.54, 1.807) is 6.20 Å². The van der Waals surface area contributed by atoms with E-state index in [0.717, 1.165) is 23.2 Å². The van der Waals surface area contributed by atoms with Gasteiger partial charge >= 0.3 is 0 Å². The first-order chi connectivity index (χ1) is 7.67. The number of aryl methyl sites for hydroxylation is 1. The first-order valence-electron chi connectivity index (χ1n) is 4.98. The highest BCUT2D eigenvalue weighted by molar-refractivity contribution is 6.52. The number of hydrogen-bond acceptors (Lipinski definition) is 3. The molecule has 0 unspecified atom stereocenters. The highest BCUT2D eigenvalue weighted by Crippen LogP contribution is 2.32. The molecule has 0 amide bonds. The smallest absolute Gasteiger partial charge is 0.179 e. The maximum atomic E-state index is 11.6. The van der Waals surface area contributed by atoms with Crippen LogP contribution >= 0.6 is 11.6 Å². The normalized spacial score (nSPS) is 14.7. The van der Waals surface area contributed by atoms with Crippen LogP contribution in [0.15, 0.2) is 17.8 Å². The molecule has 1 aliphatic carbocycles. The van der Waals surface area contributed by atoms with E-state index in [0.29, 0.717) is 0 Å². The topological polar surface area (TPSA) is 53.8 Å².